The Hall–Kier alpha value is -2.70. The fourth-order valence-corrected chi connectivity index (χ4v) is 3.21. The molecule has 2 aromatic carbocycles. The quantitative estimate of drug-likeness (QED) is 0.597. The Bertz CT molecular complexity index is 954. The first kappa shape index (κ1) is 16.8. The van der Waals surface area contributed by atoms with Crippen LogP contribution in [0.3, 0.4) is 0 Å². The van der Waals surface area contributed by atoms with Gasteiger partial charge in [-0.3, -0.25) is 14.4 Å². The Morgan fingerprint density at radius 1 is 0.923 bits per heavy atom. The van der Waals surface area contributed by atoms with Gasteiger partial charge >= 0.3 is 0 Å². The summed E-state index contributed by atoms with van der Waals surface area (Å²) >= 11 is 11.7. The molecule has 0 aliphatic carbocycles. The molecule has 2 heterocycles. The maximum Gasteiger partial charge on any atom is 0.278 e. The van der Waals surface area contributed by atoms with Crippen LogP contribution in [0, 0.1) is 5.92 Å². The van der Waals surface area contributed by atoms with Gasteiger partial charge in [0.05, 0.1) is 5.69 Å². The van der Waals surface area contributed by atoms with Gasteiger partial charge in [-0.2, -0.15) is 0 Å². The third-order valence-electron chi connectivity index (χ3n) is 4.24. The van der Waals surface area contributed by atoms with Crippen LogP contribution in [0.15, 0.2) is 53.7 Å². The molecule has 0 unspecified atom stereocenters. The highest BCUT2D eigenvalue weighted by molar-refractivity contribution is 6.52. The first-order chi connectivity index (χ1) is 12.5. The van der Waals surface area contributed by atoms with Crippen LogP contribution in [0.1, 0.15) is 10.4 Å². The predicted octanol–water partition coefficient (Wildman–Crippen LogP) is 3.12. The third-order valence-corrected chi connectivity index (χ3v) is 4.74. The van der Waals surface area contributed by atoms with Gasteiger partial charge in [-0.1, -0.05) is 28.4 Å². The summed E-state index contributed by atoms with van der Waals surface area (Å²) in [7, 11) is 0. The van der Waals surface area contributed by atoms with Gasteiger partial charge in [-0.25, -0.2) is 4.90 Å². The van der Waals surface area contributed by atoms with Gasteiger partial charge in [-0.15, -0.1) is 0 Å². The lowest BCUT2D eigenvalue weighted by Crippen LogP contribution is -2.34. The number of amides is 2. The fourth-order valence-electron chi connectivity index (χ4n) is 2.96. The van der Waals surface area contributed by atoms with E-state index < -0.39 is 29.6 Å². The number of hydrogen-bond acceptors (Lipinski definition) is 5. The molecule has 2 aliphatic heterocycles. The highest BCUT2D eigenvalue weighted by Gasteiger charge is 2.57. The zero-order valence-corrected chi connectivity index (χ0v) is 14.6. The molecule has 6 nitrogen and oxygen atoms in total. The van der Waals surface area contributed by atoms with Crippen molar-refractivity contribution < 1.29 is 19.2 Å². The molecule has 0 N–H and O–H groups in total. The highest BCUT2D eigenvalue weighted by atomic mass is 35.5. The summed E-state index contributed by atoms with van der Waals surface area (Å²) in [6, 6.07) is 12.4. The van der Waals surface area contributed by atoms with E-state index in [1.165, 1.54) is 12.1 Å². The molecule has 0 bridgehead atoms. The number of fused-ring (bicyclic) bond motifs is 1. The second-order valence-electron chi connectivity index (χ2n) is 5.80. The Balaban J connectivity index is 1.65. The van der Waals surface area contributed by atoms with Crippen molar-refractivity contribution in [3.63, 3.8) is 0 Å². The van der Waals surface area contributed by atoms with Gasteiger partial charge in [0.25, 0.3) is 5.91 Å². The van der Waals surface area contributed by atoms with Crippen molar-refractivity contribution in [2.24, 2.45) is 11.1 Å². The van der Waals surface area contributed by atoms with Crippen LogP contribution in [0.4, 0.5) is 5.69 Å². The normalized spacial score (nSPS) is 21.5. The lowest BCUT2D eigenvalue weighted by Gasteiger charge is -2.15. The van der Waals surface area contributed by atoms with Crippen molar-refractivity contribution in [2.75, 3.05) is 4.90 Å². The molecular formula is C18H10Cl2N2O4. The van der Waals surface area contributed by atoms with Gasteiger partial charge in [0.2, 0.25) is 17.8 Å². The molecule has 2 atom stereocenters. The summed E-state index contributed by atoms with van der Waals surface area (Å²) in [6.45, 7) is 0. The summed E-state index contributed by atoms with van der Waals surface area (Å²) in [6.07, 6.45) is -1.13. The van der Waals surface area contributed by atoms with Gasteiger partial charge in [0.15, 0.2) is 0 Å². The molecule has 4 rings (SSSR count). The van der Waals surface area contributed by atoms with Crippen molar-refractivity contribution in [1.29, 1.82) is 0 Å². The summed E-state index contributed by atoms with van der Waals surface area (Å²) < 4.78 is 0. The van der Waals surface area contributed by atoms with E-state index in [1.807, 2.05) is 0 Å². The monoisotopic (exact) mass is 388 g/mol. The predicted molar refractivity (Wildman–Crippen MR) is 95.5 cm³/mol. The number of Topliss-reactive ketones (excluding diaryl/α,β-unsaturated/α-hetero) is 1. The fraction of sp³-hybridized carbons (Fsp3) is 0.111. The molecule has 0 radical (unpaired) electrons. The molecule has 0 saturated carbocycles. The summed E-state index contributed by atoms with van der Waals surface area (Å²) in [4.78, 5) is 44.2. The lowest BCUT2D eigenvalue weighted by molar-refractivity contribution is -0.126. The van der Waals surface area contributed by atoms with E-state index in [4.69, 9.17) is 28.0 Å². The Kier molecular flexibility index (Phi) is 4.01. The van der Waals surface area contributed by atoms with Gasteiger partial charge in [-0.05, 0) is 48.5 Å². The molecule has 130 valence electrons. The molecule has 2 aliphatic rings. The van der Waals surface area contributed by atoms with E-state index in [2.05, 4.69) is 5.16 Å². The zero-order valence-electron chi connectivity index (χ0n) is 13.1. The zero-order chi connectivity index (χ0) is 18.4. The molecule has 8 heteroatoms. The number of rotatable bonds is 3. The standard InChI is InChI=1S/C18H10Cl2N2O4/c19-10-3-1-9(2-4-10)15(23)14-13-16(26-21-14)18(25)22(17(13)24)12-7-5-11(20)6-8-12/h1-8,13,16H/t13-,16+/m1/s1. The molecule has 1 saturated heterocycles. The number of carbonyl (C=O) groups excluding carboxylic acids is 3. The number of halogens is 2. The molecule has 26 heavy (non-hydrogen) atoms. The number of hydrogen-bond donors (Lipinski definition) is 0. The van der Waals surface area contributed by atoms with Crippen LogP contribution in [-0.4, -0.2) is 29.4 Å². The van der Waals surface area contributed by atoms with Crippen LogP contribution >= 0.6 is 23.2 Å². The van der Waals surface area contributed by atoms with Gasteiger partial charge < -0.3 is 4.84 Å². The number of ketones is 1. The molecule has 2 aromatic rings. The Morgan fingerprint density at radius 2 is 1.50 bits per heavy atom. The average molecular weight is 389 g/mol. The highest BCUT2D eigenvalue weighted by Crippen LogP contribution is 2.34. The Labute approximate surface area is 157 Å². The average Bonchev–Trinajstić information content (AvgIpc) is 3.17. The summed E-state index contributed by atoms with van der Waals surface area (Å²) in [5.41, 5.74) is 0.579. The number of oxime groups is 1. The van der Waals surface area contributed by atoms with Gasteiger partial charge in [0, 0.05) is 15.6 Å². The van der Waals surface area contributed by atoms with Crippen LogP contribution in [0.5, 0.6) is 0 Å². The topological polar surface area (TPSA) is 76.0 Å². The van der Waals surface area contributed by atoms with E-state index >= 15 is 0 Å². The van der Waals surface area contributed by atoms with Crippen LogP contribution in [-0.2, 0) is 14.4 Å². The smallest absolute Gasteiger partial charge is 0.278 e. The molecule has 1 fully saturated rings. The largest absolute Gasteiger partial charge is 0.381 e. The SMILES string of the molecule is O=C(C1=NO[C@@H]2C(=O)N(c3ccc(Cl)cc3)C(=O)[C@H]12)c1ccc(Cl)cc1. The first-order valence-corrected chi connectivity index (χ1v) is 8.40. The number of benzene rings is 2. The van der Waals surface area contributed by atoms with Crippen LogP contribution in [0.2, 0.25) is 10.0 Å². The van der Waals surface area contributed by atoms with Crippen molar-refractivity contribution in [3.05, 3.63) is 64.1 Å². The number of imide groups is 1. The number of carbonyl (C=O) groups is 3. The minimum atomic E-state index is -1.13. The van der Waals surface area contributed by atoms with Crippen molar-refractivity contribution >= 4 is 52.2 Å². The van der Waals surface area contributed by atoms with E-state index in [-0.39, 0.29) is 5.71 Å². The second kappa shape index (κ2) is 6.23. The minimum absolute atomic E-state index is 0.0906. The van der Waals surface area contributed by atoms with E-state index in [1.54, 1.807) is 36.4 Å². The maximum atomic E-state index is 12.8. The molecule has 2 amide bonds. The van der Waals surface area contributed by atoms with E-state index in [0.717, 1.165) is 4.90 Å². The van der Waals surface area contributed by atoms with Gasteiger partial charge in [0.1, 0.15) is 11.6 Å². The van der Waals surface area contributed by atoms with Crippen molar-refractivity contribution in [3.8, 4) is 0 Å². The summed E-state index contributed by atoms with van der Waals surface area (Å²) in [5, 5.41) is 4.66. The lowest BCUT2D eigenvalue weighted by atomic mass is 9.93. The second-order valence-corrected chi connectivity index (χ2v) is 6.68. The minimum Gasteiger partial charge on any atom is -0.381 e. The van der Waals surface area contributed by atoms with Crippen LogP contribution in [0.25, 0.3) is 0 Å². The van der Waals surface area contributed by atoms with Crippen molar-refractivity contribution in [2.45, 2.75) is 6.10 Å². The van der Waals surface area contributed by atoms with E-state index in [9.17, 15) is 14.4 Å². The summed E-state index contributed by atoms with van der Waals surface area (Å²) in [5.74, 6) is -2.67. The van der Waals surface area contributed by atoms with E-state index in [0.29, 0.717) is 21.3 Å². The van der Waals surface area contributed by atoms with Crippen molar-refractivity contribution in [1.82, 2.24) is 0 Å². The number of anilines is 1. The van der Waals surface area contributed by atoms with Crippen LogP contribution < -0.4 is 4.90 Å². The number of nitrogens with zero attached hydrogens (tertiary/aromatic N) is 2. The molecular weight excluding hydrogens is 379 g/mol. The molecule has 0 aromatic heterocycles. The molecule has 0 spiro atoms. The first-order valence-electron chi connectivity index (χ1n) is 7.65. The third kappa shape index (κ3) is 2.58. The Morgan fingerprint density at radius 3 is 2.12 bits per heavy atom. The maximum absolute atomic E-state index is 12.8.